The largest absolute Gasteiger partial charge is 0.350 e. The normalized spacial score (nSPS) is 9.74. The lowest BCUT2D eigenvalue weighted by molar-refractivity contribution is 0.0927. The van der Waals surface area contributed by atoms with Gasteiger partial charge < -0.3 is 10.6 Å². The van der Waals surface area contributed by atoms with E-state index in [0.717, 1.165) is 0 Å². The van der Waals surface area contributed by atoms with Crippen LogP contribution in [0.5, 0.6) is 0 Å². The zero-order valence-electron chi connectivity index (χ0n) is 12.2. The number of nitrogens with zero attached hydrogens (tertiary/aromatic N) is 1. The zero-order valence-corrected chi connectivity index (χ0v) is 12.9. The summed E-state index contributed by atoms with van der Waals surface area (Å²) in [6.45, 7) is 0.583. The average molecular weight is 328 g/mol. The van der Waals surface area contributed by atoms with E-state index in [1.165, 1.54) is 6.07 Å². The summed E-state index contributed by atoms with van der Waals surface area (Å²) in [5, 5.41) is 14.8. The van der Waals surface area contributed by atoms with E-state index in [9.17, 15) is 9.59 Å². The molecular formula is C17H14ClN3O2. The monoisotopic (exact) mass is 327 g/mol. The van der Waals surface area contributed by atoms with Crippen LogP contribution in [0.2, 0.25) is 5.02 Å². The molecule has 0 bridgehead atoms. The molecule has 0 saturated carbocycles. The minimum atomic E-state index is -0.289. The van der Waals surface area contributed by atoms with Gasteiger partial charge in [0.15, 0.2) is 0 Å². The molecule has 0 heterocycles. The Bertz CT molecular complexity index is 751. The third-order valence-electron chi connectivity index (χ3n) is 3.06. The van der Waals surface area contributed by atoms with E-state index in [1.54, 1.807) is 42.5 Å². The maximum Gasteiger partial charge on any atom is 0.251 e. The Balaban J connectivity index is 1.78. The van der Waals surface area contributed by atoms with Crippen LogP contribution in [0.3, 0.4) is 0 Å². The van der Waals surface area contributed by atoms with Crippen molar-refractivity contribution in [3.63, 3.8) is 0 Å². The van der Waals surface area contributed by atoms with Crippen LogP contribution in [-0.2, 0) is 0 Å². The van der Waals surface area contributed by atoms with Crippen molar-refractivity contribution in [3.8, 4) is 6.07 Å². The Morgan fingerprint density at radius 1 is 0.957 bits per heavy atom. The number of carbonyl (C=O) groups is 2. The highest BCUT2D eigenvalue weighted by Crippen LogP contribution is 2.09. The van der Waals surface area contributed by atoms with Gasteiger partial charge in [0.1, 0.15) is 0 Å². The lowest BCUT2D eigenvalue weighted by Gasteiger charge is -2.07. The molecule has 0 unspecified atom stereocenters. The van der Waals surface area contributed by atoms with E-state index in [2.05, 4.69) is 10.6 Å². The van der Waals surface area contributed by atoms with Gasteiger partial charge in [-0.2, -0.15) is 5.26 Å². The van der Waals surface area contributed by atoms with Crippen LogP contribution in [0.1, 0.15) is 26.3 Å². The summed E-state index contributed by atoms with van der Waals surface area (Å²) in [5.74, 6) is -0.523. The first-order valence-electron chi connectivity index (χ1n) is 6.92. The summed E-state index contributed by atoms with van der Waals surface area (Å²) in [7, 11) is 0. The third kappa shape index (κ3) is 4.83. The zero-order chi connectivity index (χ0) is 16.7. The lowest BCUT2D eigenvalue weighted by Crippen LogP contribution is -2.34. The van der Waals surface area contributed by atoms with E-state index in [-0.39, 0.29) is 18.4 Å². The number of nitriles is 1. The number of halogens is 1. The van der Waals surface area contributed by atoms with Gasteiger partial charge in [0.2, 0.25) is 0 Å². The highest BCUT2D eigenvalue weighted by Gasteiger charge is 2.07. The van der Waals surface area contributed by atoms with Gasteiger partial charge in [-0.3, -0.25) is 9.59 Å². The molecule has 0 fully saturated rings. The van der Waals surface area contributed by atoms with Crippen molar-refractivity contribution < 1.29 is 9.59 Å². The van der Waals surface area contributed by atoms with Crippen molar-refractivity contribution in [2.75, 3.05) is 13.1 Å². The summed E-state index contributed by atoms with van der Waals surface area (Å²) >= 11 is 5.76. The van der Waals surface area contributed by atoms with E-state index >= 15 is 0 Å². The van der Waals surface area contributed by atoms with Gasteiger partial charge in [-0.1, -0.05) is 17.7 Å². The van der Waals surface area contributed by atoms with Gasteiger partial charge in [-0.15, -0.1) is 0 Å². The Morgan fingerprint density at radius 2 is 1.57 bits per heavy atom. The molecule has 0 saturated heterocycles. The predicted molar refractivity (Wildman–Crippen MR) is 87.3 cm³/mol. The molecular weight excluding hydrogens is 314 g/mol. The molecule has 2 aromatic carbocycles. The van der Waals surface area contributed by atoms with Gasteiger partial charge in [-0.25, -0.2) is 0 Å². The Kier molecular flexibility index (Phi) is 5.73. The quantitative estimate of drug-likeness (QED) is 0.827. The first-order chi connectivity index (χ1) is 11.1. The van der Waals surface area contributed by atoms with Crippen LogP contribution in [-0.4, -0.2) is 24.9 Å². The topological polar surface area (TPSA) is 82.0 Å². The maximum atomic E-state index is 11.9. The second-order valence-corrected chi connectivity index (χ2v) is 5.15. The van der Waals surface area contributed by atoms with Crippen LogP contribution >= 0.6 is 11.6 Å². The minimum absolute atomic E-state index is 0.234. The Morgan fingerprint density at radius 3 is 2.17 bits per heavy atom. The average Bonchev–Trinajstić information content (AvgIpc) is 2.59. The summed E-state index contributed by atoms with van der Waals surface area (Å²) in [5.41, 5.74) is 1.34. The number of amides is 2. The molecule has 5 nitrogen and oxygen atoms in total. The molecule has 2 aromatic rings. The van der Waals surface area contributed by atoms with Crippen LogP contribution in [0.15, 0.2) is 48.5 Å². The number of rotatable bonds is 5. The molecule has 0 radical (unpaired) electrons. The van der Waals surface area contributed by atoms with Crippen LogP contribution in [0.4, 0.5) is 0 Å². The molecule has 0 aliphatic heterocycles. The molecule has 116 valence electrons. The molecule has 2 rings (SSSR count). The van der Waals surface area contributed by atoms with Crippen molar-refractivity contribution in [2.45, 2.75) is 0 Å². The Hall–Kier alpha value is -2.84. The number of benzene rings is 2. The minimum Gasteiger partial charge on any atom is -0.350 e. The van der Waals surface area contributed by atoms with Crippen molar-refractivity contribution >= 4 is 23.4 Å². The lowest BCUT2D eigenvalue weighted by atomic mass is 10.1. The van der Waals surface area contributed by atoms with Crippen LogP contribution in [0, 0.1) is 11.3 Å². The van der Waals surface area contributed by atoms with Crippen molar-refractivity contribution in [2.24, 2.45) is 0 Å². The summed E-state index contributed by atoms with van der Waals surface area (Å²) in [4.78, 5) is 23.8. The molecule has 23 heavy (non-hydrogen) atoms. The number of hydrogen-bond donors (Lipinski definition) is 2. The van der Waals surface area contributed by atoms with E-state index in [4.69, 9.17) is 16.9 Å². The van der Waals surface area contributed by atoms with Crippen molar-refractivity contribution in [1.82, 2.24) is 10.6 Å². The van der Waals surface area contributed by atoms with E-state index < -0.39 is 0 Å². The van der Waals surface area contributed by atoms with Crippen molar-refractivity contribution in [3.05, 3.63) is 70.2 Å². The Labute approximate surface area is 138 Å². The fraction of sp³-hybridized carbons (Fsp3) is 0.118. The molecule has 0 aromatic heterocycles. The van der Waals surface area contributed by atoms with E-state index in [1.807, 2.05) is 6.07 Å². The fourth-order valence-electron chi connectivity index (χ4n) is 1.89. The van der Waals surface area contributed by atoms with Gasteiger partial charge >= 0.3 is 0 Å². The molecule has 0 aliphatic rings. The summed E-state index contributed by atoms with van der Waals surface area (Å²) in [6, 6.07) is 14.9. The second-order valence-electron chi connectivity index (χ2n) is 4.71. The SMILES string of the molecule is N#Cc1cccc(C(=O)NCCNC(=O)c2ccc(Cl)cc2)c1. The molecule has 2 N–H and O–H groups in total. The molecule has 0 aliphatic carbocycles. The smallest absolute Gasteiger partial charge is 0.251 e. The van der Waals surface area contributed by atoms with Gasteiger partial charge in [-0.05, 0) is 42.5 Å². The standard InChI is InChI=1S/C17H14ClN3O2/c18-15-6-4-13(5-7-15)16(22)20-8-9-21-17(23)14-3-1-2-12(10-14)11-19/h1-7,10H,8-9H2,(H,20,22)(H,21,23). The first-order valence-corrected chi connectivity index (χ1v) is 7.30. The highest BCUT2D eigenvalue weighted by atomic mass is 35.5. The predicted octanol–water partition coefficient (Wildman–Crippen LogP) is 2.37. The molecule has 0 atom stereocenters. The molecule has 6 heteroatoms. The van der Waals surface area contributed by atoms with Gasteiger partial charge in [0, 0.05) is 29.2 Å². The van der Waals surface area contributed by atoms with E-state index in [0.29, 0.717) is 28.3 Å². The van der Waals surface area contributed by atoms with Crippen LogP contribution < -0.4 is 10.6 Å². The van der Waals surface area contributed by atoms with Gasteiger partial charge in [0.05, 0.1) is 11.6 Å². The molecule has 2 amide bonds. The molecule has 0 spiro atoms. The van der Waals surface area contributed by atoms with Crippen molar-refractivity contribution in [1.29, 1.82) is 5.26 Å². The summed E-state index contributed by atoms with van der Waals surface area (Å²) in [6.07, 6.45) is 0. The first kappa shape index (κ1) is 16.5. The highest BCUT2D eigenvalue weighted by molar-refractivity contribution is 6.30. The number of hydrogen-bond acceptors (Lipinski definition) is 3. The van der Waals surface area contributed by atoms with Crippen LogP contribution in [0.25, 0.3) is 0 Å². The number of carbonyl (C=O) groups excluding carboxylic acids is 2. The summed E-state index contributed by atoms with van der Waals surface area (Å²) < 4.78 is 0. The number of nitrogens with one attached hydrogen (secondary N) is 2. The third-order valence-corrected chi connectivity index (χ3v) is 3.31. The van der Waals surface area contributed by atoms with Gasteiger partial charge in [0.25, 0.3) is 11.8 Å². The maximum absolute atomic E-state index is 11.9. The second kappa shape index (κ2) is 7.97. The fourth-order valence-corrected chi connectivity index (χ4v) is 2.01.